The molecule has 0 fully saturated rings. The standard InChI is InChI=1S/C10H11N3O/c1-6-4-9(5-11-7(6)2)10-12-8(3)14-13-10/h4-5H,1-3H3. The van der Waals surface area contributed by atoms with Crippen LogP contribution < -0.4 is 0 Å². The van der Waals surface area contributed by atoms with Crippen LogP contribution in [0.25, 0.3) is 11.4 Å². The maximum absolute atomic E-state index is 4.90. The molecule has 4 heteroatoms. The zero-order chi connectivity index (χ0) is 10.1. The van der Waals surface area contributed by atoms with Crippen molar-refractivity contribution in [3.8, 4) is 11.4 Å². The molecule has 0 saturated carbocycles. The number of nitrogens with zero attached hydrogens (tertiary/aromatic N) is 3. The van der Waals surface area contributed by atoms with E-state index < -0.39 is 0 Å². The summed E-state index contributed by atoms with van der Waals surface area (Å²) in [6.07, 6.45) is 1.76. The van der Waals surface area contributed by atoms with Gasteiger partial charge in [-0.05, 0) is 25.5 Å². The van der Waals surface area contributed by atoms with Crippen LogP contribution >= 0.6 is 0 Å². The maximum atomic E-state index is 4.90. The summed E-state index contributed by atoms with van der Waals surface area (Å²) >= 11 is 0. The quantitative estimate of drug-likeness (QED) is 0.689. The largest absolute Gasteiger partial charge is 0.339 e. The molecule has 4 nitrogen and oxygen atoms in total. The summed E-state index contributed by atoms with van der Waals surface area (Å²) in [5.41, 5.74) is 3.05. The van der Waals surface area contributed by atoms with Crippen molar-refractivity contribution in [2.24, 2.45) is 0 Å². The van der Waals surface area contributed by atoms with Gasteiger partial charge in [0.15, 0.2) is 0 Å². The topological polar surface area (TPSA) is 51.8 Å². The predicted molar refractivity (Wildman–Crippen MR) is 51.7 cm³/mol. The van der Waals surface area contributed by atoms with Crippen molar-refractivity contribution in [2.45, 2.75) is 20.8 Å². The van der Waals surface area contributed by atoms with Crippen LogP contribution in [0.4, 0.5) is 0 Å². The van der Waals surface area contributed by atoms with Crippen molar-refractivity contribution in [2.75, 3.05) is 0 Å². The number of aromatic nitrogens is 3. The Kier molecular flexibility index (Phi) is 2.04. The van der Waals surface area contributed by atoms with Gasteiger partial charge in [-0.15, -0.1) is 0 Å². The fourth-order valence-corrected chi connectivity index (χ4v) is 1.18. The zero-order valence-electron chi connectivity index (χ0n) is 8.40. The van der Waals surface area contributed by atoms with Gasteiger partial charge in [-0.1, -0.05) is 5.16 Å². The van der Waals surface area contributed by atoms with Gasteiger partial charge >= 0.3 is 0 Å². The molecule has 0 aliphatic rings. The Morgan fingerprint density at radius 3 is 2.57 bits per heavy atom. The van der Waals surface area contributed by atoms with E-state index in [1.807, 2.05) is 19.9 Å². The molecule has 2 aromatic rings. The fourth-order valence-electron chi connectivity index (χ4n) is 1.18. The molecule has 0 spiro atoms. The average molecular weight is 189 g/mol. The van der Waals surface area contributed by atoms with Crippen LogP contribution in [0.5, 0.6) is 0 Å². The van der Waals surface area contributed by atoms with Crippen LogP contribution in [-0.4, -0.2) is 15.1 Å². The summed E-state index contributed by atoms with van der Waals surface area (Å²) in [5.74, 6) is 1.16. The van der Waals surface area contributed by atoms with Gasteiger partial charge in [0.25, 0.3) is 0 Å². The van der Waals surface area contributed by atoms with Gasteiger partial charge in [-0.2, -0.15) is 4.98 Å². The first-order valence-corrected chi connectivity index (χ1v) is 4.41. The fraction of sp³-hybridized carbons (Fsp3) is 0.300. The molecule has 0 aliphatic carbocycles. The molecule has 0 amide bonds. The number of hydrogen-bond donors (Lipinski definition) is 0. The van der Waals surface area contributed by atoms with E-state index in [0.717, 1.165) is 16.8 Å². The van der Waals surface area contributed by atoms with Gasteiger partial charge in [-0.3, -0.25) is 4.98 Å². The smallest absolute Gasteiger partial charge is 0.223 e. The van der Waals surface area contributed by atoms with Crippen molar-refractivity contribution < 1.29 is 4.52 Å². The van der Waals surface area contributed by atoms with Crippen LogP contribution in [0.3, 0.4) is 0 Å². The Morgan fingerprint density at radius 2 is 2.00 bits per heavy atom. The molecule has 0 bridgehead atoms. The molecule has 0 saturated heterocycles. The lowest BCUT2D eigenvalue weighted by Gasteiger charge is -1.99. The van der Waals surface area contributed by atoms with Gasteiger partial charge < -0.3 is 4.52 Å². The summed E-state index contributed by atoms with van der Waals surface area (Å²) in [7, 11) is 0. The highest BCUT2D eigenvalue weighted by Gasteiger charge is 2.06. The van der Waals surface area contributed by atoms with E-state index in [4.69, 9.17) is 4.52 Å². The minimum Gasteiger partial charge on any atom is -0.339 e. The third kappa shape index (κ3) is 1.51. The third-order valence-electron chi connectivity index (χ3n) is 2.13. The molecule has 14 heavy (non-hydrogen) atoms. The minimum atomic E-state index is 0.568. The summed E-state index contributed by atoms with van der Waals surface area (Å²) in [4.78, 5) is 8.38. The first kappa shape index (κ1) is 8.87. The van der Waals surface area contributed by atoms with Crippen molar-refractivity contribution in [3.63, 3.8) is 0 Å². The van der Waals surface area contributed by atoms with E-state index >= 15 is 0 Å². The van der Waals surface area contributed by atoms with E-state index in [0.29, 0.717) is 11.7 Å². The van der Waals surface area contributed by atoms with Gasteiger partial charge in [0, 0.05) is 24.4 Å². The first-order valence-electron chi connectivity index (χ1n) is 4.41. The SMILES string of the molecule is Cc1nc(-c2cnc(C)c(C)c2)no1. The predicted octanol–water partition coefficient (Wildman–Crippen LogP) is 2.06. The van der Waals surface area contributed by atoms with Gasteiger partial charge in [-0.25, -0.2) is 0 Å². The number of rotatable bonds is 1. The molecular formula is C10H11N3O. The lowest BCUT2D eigenvalue weighted by molar-refractivity contribution is 0.394. The van der Waals surface area contributed by atoms with Crippen LogP contribution in [0.15, 0.2) is 16.8 Å². The number of aryl methyl sites for hydroxylation is 3. The Labute approximate surface area is 82.0 Å². The molecule has 72 valence electrons. The van der Waals surface area contributed by atoms with Crippen molar-refractivity contribution in [3.05, 3.63) is 29.4 Å². The molecule has 2 aromatic heterocycles. The Hall–Kier alpha value is -1.71. The number of hydrogen-bond acceptors (Lipinski definition) is 4. The first-order chi connectivity index (χ1) is 6.66. The summed E-state index contributed by atoms with van der Waals surface area (Å²) in [5, 5.41) is 3.83. The van der Waals surface area contributed by atoms with Gasteiger partial charge in [0.05, 0.1) is 0 Å². The summed E-state index contributed by atoms with van der Waals surface area (Å²) in [6.45, 7) is 5.75. The van der Waals surface area contributed by atoms with Gasteiger partial charge in [0.2, 0.25) is 11.7 Å². The Balaban J connectivity index is 2.47. The maximum Gasteiger partial charge on any atom is 0.223 e. The number of pyridine rings is 1. The third-order valence-corrected chi connectivity index (χ3v) is 2.13. The molecule has 0 radical (unpaired) electrons. The minimum absolute atomic E-state index is 0.568. The van der Waals surface area contributed by atoms with Crippen molar-refractivity contribution in [1.82, 2.24) is 15.1 Å². The molecule has 0 aromatic carbocycles. The molecule has 0 aliphatic heterocycles. The zero-order valence-corrected chi connectivity index (χ0v) is 8.40. The molecule has 2 heterocycles. The normalized spacial score (nSPS) is 10.5. The highest BCUT2D eigenvalue weighted by atomic mass is 16.5. The highest BCUT2D eigenvalue weighted by molar-refractivity contribution is 5.54. The Morgan fingerprint density at radius 1 is 1.21 bits per heavy atom. The van der Waals surface area contributed by atoms with E-state index in [-0.39, 0.29) is 0 Å². The second-order valence-corrected chi connectivity index (χ2v) is 3.26. The monoisotopic (exact) mass is 189 g/mol. The highest BCUT2D eigenvalue weighted by Crippen LogP contribution is 2.16. The van der Waals surface area contributed by atoms with Crippen LogP contribution in [0.2, 0.25) is 0 Å². The van der Waals surface area contributed by atoms with E-state index in [9.17, 15) is 0 Å². The second-order valence-electron chi connectivity index (χ2n) is 3.26. The lowest BCUT2D eigenvalue weighted by atomic mass is 10.1. The van der Waals surface area contributed by atoms with E-state index in [1.165, 1.54) is 0 Å². The second kappa shape index (κ2) is 3.21. The molecular weight excluding hydrogens is 178 g/mol. The molecule has 0 unspecified atom stereocenters. The Bertz CT molecular complexity index is 462. The van der Waals surface area contributed by atoms with Crippen LogP contribution in [0.1, 0.15) is 17.1 Å². The van der Waals surface area contributed by atoms with Crippen molar-refractivity contribution in [1.29, 1.82) is 0 Å². The van der Waals surface area contributed by atoms with Crippen LogP contribution in [-0.2, 0) is 0 Å². The van der Waals surface area contributed by atoms with Gasteiger partial charge in [0.1, 0.15) is 0 Å². The molecule has 0 atom stereocenters. The molecule has 0 N–H and O–H groups in total. The van der Waals surface area contributed by atoms with Crippen LogP contribution in [0, 0.1) is 20.8 Å². The van der Waals surface area contributed by atoms with E-state index in [2.05, 4.69) is 15.1 Å². The summed E-state index contributed by atoms with van der Waals surface area (Å²) < 4.78 is 4.90. The van der Waals surface area contributed by atoms with Crippen molar-refractivity contribution >= 4 is 0 Å². The average Bonchev–Trinajstić information content (AvgIpc) is 2.57. The summed E-state index contributed by atoms with van der Waals surface area (Å²) in [6, 6.07) is 2.01. The lowest BCUT2D eigenvalue weighted by Crippen LogP contribution is -1.89. The van der Waals surface area contributed by atoms with E-state index in [1.54, 1.807) is 13.1 Å². The molecule has 2 rings (SSSR count).